The van der Waals surface area contributed by atoms with Gasteiger partial charge in [-0.05, 0) is 23.8 Å². The van der Waals surface area contributed by atoms with Crippen molar-refractivity contribution in [3.05, 3.63) is 91.9 Å². The maximum atomic E-state index is 13.9. The lowest BCUT2D eigenvalue weighted by Gasteiger charge is -2.15. The van der Waals surface area contributed by atoms with Crippen LogP contribution in [0.15, 0.2) is 47.4 Å². The minimum Gasteiger partial charge on any atom is -0.487 e. The number of halogens is 5. The Morgan fingerprint density at radius 1 is 1.06 bits per heavy atom. The van der Waals surface area contributed by atoms with E-state index in [0.29, 0.717) is 23.2 Å². The summed E-state index contributed by atoms with van der Waals surface area (Å²) in [4.78, 5) is 26.6. The van der Waals surface area contributed by atoms with E-state index >= 15 is 0 Å². The van der Waals surface area contributed by atoms with E-state index in [1.54, 1.807) is 6.07 Å². The largest absolute Gasteiger partial charge is 0.487 e. The van der Waals surface area contributed by atoms with E-state index in [1.807, 2.05) is 12.1 Å². The van der Waals surface area contributed by atoms with Gasteiger partial charge in [-0.3, -0.25) is 9.59 Å². The van der Waals surface area contributed by atoms with Crippen molar-refractivity contribution in [3.8, 4) is 5.75 Å². The molecule has 1 amide bonds. The number of H-pyrrole nitrogens is 1. The molecule has 0 radical (unpaired) electrons. The maximum absolute atomic E-state index is 13.9. The van der Waals surface area contributed by atoms with Crippen LogP contribution in [0.1, 0.15) is 22.3 Å². The second kappa shape index (κ2) is 8.37. The monoisotopic (exact) mass is 572 g/mol. The standard InChI is InChI=1S/C21H13Br2ClF2N2O3/c22-21(23)14-6-10(1-4-16(14)28-20(21)30)5-12-8-27-19(29)17(24)18(12)31-9-11-2-3-13(25)7-15(11)26/h1-4,6-8H,5,9H2,(H,27,29)(H,28,30). The molecule has 2 heterocycles. The molecule has 1 aliphatic rings. The lowest BCUT2D eigenvalue weighted by atomic mass is 10.0. The van der Waals surface area contributed by atoms with E-state index in [4.69, 9.17) is 16.3 Å². The van der Waals surface area contributed by atoms with Gasteiger partial charge >= 0.3 is 0 Å². The molecule has 4 rings (SSSR count). The topological polar surface area (TPSA) is 71.2 Å². The molecular formula is C21H13Br2ClF2N2O3. The normalized spacial score (nSPS) is 14.3. The number of carbonyl (C=O) groups is 1. The molecule has 1 aliphatic heterocycles. The number of benzene rings is 2. The highest BCUT2D eigenvalue weighted by Gasteiger charge is 2.42. The lowest BCUT2D eigenvalue weighted by molar-refractivity contribution is -0.115. The van der Waals surface area contributed by atoms with Crippen LogP contribution in [0.25, 0.3) is 0 Å². The zero-order valence-electron chi connectivity index (χ0n) is 15.6. The molecule has 0 atom stereocenters. The SMILES string of the molecule is O=C1Nc2ccc(Cc3c[nH]c(=O)c(Cl)c3OCc3ccc(F)cc3F)cc2C1(Br)Br. The number of aromatic amines is 1. The molecule has 0 saturated carbocycles. The number of ether oxygens (including phenoxy) is 1. The zero-order valence-corrected chi connectivity index (χ0v) is 19.5. The van der Waals surface area contributed by atoms with E-state index in [0.717, 1.165) is 17.7 Å². The van der Waals surface area contributed by atoms with Crippen molar-refractivity contribution in [1.29, 1.82) is 0 Å². The number of anilines is 1. The van der Waals surface area contributed by atoms with Crippen LogP contribution >= 0.6 is 43.5 Å². The third kappa shape index (κ3) is 4.26. The van der Waals surface area contributed by atoms with Crippen molar-refractivity contribution < 1.29 is 18.3 Å². The first-order chi connectivity index (χ1) is 14.7. The van der Waals surface area contributed by atoms with Crippen LogP contribution in [0.5, 0.6) is 5.75 Å². The molecule has 0 fully saturated rings. The predicted octanol–water partition coefficient (Wildman–Crippen LogP) is 5.37. The minimum absolute atomic E-state index is 0.104. The van der Waals surface area contributed by atoms with Crippen molar-refractivity contribution in [3.63, 3.8) is 0 Å². The van der Waals surface area contributed by atoms with Crippen molar-refractivity contribution in [2.45, 2.75) is 16.3 Å². The maximum Gasteiger partial charge on any atom is 0.270 e. The molecule has 3 aromatic rings. The second-order valence-electron chi connectivity index (χ2n) is 6.90. The van der Waals surface area contributed by atoms with Gasteiger partial charge in [0.05, 0.1) is 0 Å². The number of amides is 1. The third-order valence-corrected chi connectivity index (χ3v) is 6.72. The summed E-state index contributed by atoms with van der Waals surface area (Å²) in [6.45, 7) is -0.239. The first-order valence-corrected chi connectivity index (χ1v) is 10.9. The van der Waals surface area contributed by atoms with Gasteiger partial charge in [0, 0.05) is 41.1 Å². The van der Waals surface area contributed by atoms with Crippen molar-refractivity contribution in [2.24, 2.45) is 0 Å². The molecular weight excluding hydrogens is 561 g/mol. The van der Waals surface area contributed by atoms with Crippen LogP contribution in [0.2, 0.25) is 5.02 Å². The van der Waals surface area contributed by atoms with Gasteiger partial charge in [0.25, 0.3) is 11.5 Å². The molecule has 160 valence electrons. The first kappa shape index (κ1) is 22.0. The second-order valence-corrected chi connectivity index (χ2v) is 10.7. The Balaban J connectivity index is 1.64. The zero-order chi connectivity index (χ0) is 22.3. The Morgan fingerprint density at radius 3 is 2.58 bits per heavy atom. The molecule has 0 spiro atoms. The highest BCUT2D eigenvalue weighted by atomic mass is 79.9. The quantitative estimate of drug-likeness (QED) is 0.403. The number of alkyl halides is 2. The predicted molar refractivity (Wildman–Crippen MR) is 120 cm³/mol. The van der Waals surface area contributed by atoms with Crippen molar-refractivity contribution in [2.75, 3.05) is 5.32 Å². The number of nitrogens with one attached hydrogen (secondary N) is 2. The average molecular weight is 575 g/mol. The Kier molecular flexibility index (Phi) is 5.93. The molecule has 0 aliphatic carbocycles. The highest BCUT2D eigenvalue weighted by molar-refractivity contribution is 9.25. The van der Waals surface area contributed by atoms with Crippen LogP contribution in [-0.4, -0.2) is 10.9 Å². The third-order valence-electron chi connectivity index (χ3n) is 4.81. The summed E-state index contributed by atoms with van der Waals surface area (Å²) >= 11 is 12.9. The summed E-state index contributed by atoms with van der Waals surface area (Å²) in [5, 5.41) is 2.59. The molecule has 10 heteroatoms. The number of fused-ring (bicyclic) bond motifs is 1. The van der Waals surface area contributed by atoms with Gasteiger partial charge in [-0.25, -0.2) is 8.78 Å². The van der Waals surface area contributed by atoms with Crippen LogP contribution in [0.4, 0.5) is 14.5 Å². The van der Waals surface area contributed by atoms with Crippen LogP contribution in [0.3, 0.4) is 0 Å². The fourth-order valence-corrected chi connectivity index (χ4v) is 4.30. The van der Waals surface area contributed by atoms with E-state index in [2.05, 4.69) is 42.2 Å². The Bertz CT molecular complexity index is 1260. The van der Waals surface area contributed by atoms with E-state index < -0.39 is 20.4 Å². The summed E-state index contributed by atoms with van der Waals surface area (Å²) in [7, 11) is 0. The van der Waals surface area contributed by atoms with Gasteiger partial charge in [-0.1, -0.05) is 55.6 Å². The Morgan fingerprint density at radius 2 is 1.84 bits per heavy atom. The van der Waals surface area contributed by atoms with Crippen LogP contribution < -0.4 is 15.6 Å². The van der Waals surface area contributed by atoms with Gasteiger partial charge in [0.15, 0.2) is 3.23 Å². The van der Waals surface area contributed by atoms with E-state index in [-0.39, 0.29) is 28.8 Å². The van der Waals surface area contributed by atoms with Crippen molar-refractivity contribution in [1.82, 2.24) is 4.98 Å². The summed E-state index contributed by atoms with van der Waals surface area (Å²) in [5.41, 5.74) is 2.32. The van der Waals surface area contributed by atoms with E-state index in [9.17, 15) is 18.4 Å². The molecule has 31 heavy (non-hydrogen) atoms. The fourth-order valence-electron chi connectivity index (χ4n) is 3.21. The number of aromatic nitrogens is 1. The summed E-state index contributed by atoms with van der Waals surface area (Å²) in [6, 6.07) is 8.57. The average Bonchev–Trinajstić information content (AvgIpc) is 2.94. The fraction of sp³-hybridized carbons (Fsp3) is 0.143. The van der Waals surface area contributed by atoms with Gasteiger partial charge in [0.1, 0.15) is 29.0 Å². The Hall–Kier alpha value is -2.23. The smallest absolute Gasteiger partial charge is 0.270 e. The number of rotatable bonds is 5. The van der Waals surface area contributed by atoms with Gasteiger partial charge < -0.3 is 15.0 Å². The molecule has 0 bridgehead atoms. The van der Waals surface area contributed by atoms with Crippen LogP contribution in [0, 0.1) is 11.6 Å². The summed E-state index contributed by atoms with van der Waals surface area (Å²) in [5.74, 6) is -1.59. The summed E-state index contributed by atoms with van der Waals surface area (Å²) < 4.78 is 31.7. The van der Waals surface area contributed by atoms with Crippen molar-refractivity contribution >= 4 is 55.1 Å². The Labute approximate surface area is 197 Å². The minimum atomic E-state index is -1.03. The molecule has 0 unspecified atom stereocenters. The van der Waals surface area contributed by atoms with Gasteiger partial charge in [-0.2, -0.15) is 0 Å². The number of carbonyl (C=O) groups excluding carboxylic acids is 1. The molecule has 2 aromatic carbocycles. The summed E-state index contributed by atoms with van der Waals surface area (Å²) in [6.07, 6.45) is 1.78. The number of hydrogen-bond acceptors (Lipinski definition) is 3. The highest BCUT2D eigenvalue weighted by Crippen LogP contribution is 2.47. The molecule has 5 nitrogen and oxygen atoms in total. The number of pyridine rings is 1. The lowest BCUT2D eigenvalue weighted by Crippen LogP contribution is -2.20. The van der Waals surface area contributed by atoms with Gasteiger partial charge in [0.2, 0.25) is 0 Å². The van der Waals surface area contributed by atoms with E-state index in [1.165, 1.54) is 12.3 Å². The molecule has 1 aromatic heterocycles. The molecule has 0 saturated heterocycles. The first-order valence-electron chi connectivity index (χ1n) is 8.96. The number of hydrogen-bond donors (Lipinski definition) is 2. The van der Waals surface area contributed by atoms with Gasteiger partial charge in [-0.15, -0.1) is 0 Å². The van der Waals surface area contributed by atoms with Crippen LogP contribution in [-0.2, 0) is 21.1 Å². The molecule has 2 N–H and O–H groups in total.